The molecule has 3 rings (SSSR count). The molecule has 1 saturated heterocycles. The fourth-order valence-electron chi connectivity index (χ4n) is 2.71. The van der Waals surface area contributed by atoms with Crippen LogP contribution in [0.5, 0.6) is 5.75 Å². The van der Waals surface area contributed by atoms with E-state index in [1.54, 1.807) is 50.2 Å². The first-order valence-corrected chi connectivity index (χ1v) is 11.4. The number of carbonyl (C=O) groups excluding carboxylic acids is 4. The summed E-state index contributed by atoms with van der Waals surface area (Å²) in [5.41, 5.74) is 0.571. The molecule has 0 spiro atoms. The molecule has 166 valence electrons. The quantitative estimate of drug-likeness (QED) is 0.280. The van der Waals surface area contributed by atoms with Crippen LogP contribution in [-0.2, 0) is 14.3 Å². The summed E-state index contributed by atoms with van der Waals surface area (Å²) in [5, 5.41) is -0.350. The number of hydrogen-bond acceptors (Lipinski definition) is 7. The van der Waals surface area contributed by atoms with Crippen molar-refractivity contribution in [1.82, 2.24) is 4.90 Å². The highest BCUT2D eigenvalue weighted by atomic mass is 79.9. The lowest BCUT2D eigenvalue weighted by Crippen LogP contribution is -2.35. The minimum absolute atomic E-state index is 0.0838. The molecule has 1 heterocycles. The van der Waals surface area contributed by atoms with Crippen molar-refractivity contribution in [1.29, 1.82) is 0 Å². The van der Waals surface area contributed by atoms with Crippen molar-refractivity contribution in [2.45, 2.75) is 20.0 Å². The van der Waals surface area contributed by atoms with E-state index in [-0.39, 0.29) is 27.3 Å². The zero-order chi connectivity index (χ0) is 23.4. The van der Waals surface area contributed by atoms with E-state index in [0.717, 1.165) is 4.90 Å². The number of hydrogen-bond donors (Lipinski definition) is 0. The molecule has 0 bridgehead atoms. The van der Waals surface area contributed by atoms with E-state index < -0.39 is 29.6 Å². The SMILES string of the molecule is CC(C)OC(=O)CN1C(=O)S/C(=C\c2cc(Br)ccc2OC(=O)c2ccccc2Cl)C1=O. The summed E-state index contributed by atoms with van der Waals surface area (Å²) < 4.78 is 11.2. The third-order valence-corrected chi connectivity index (χ3v) is 5.81. The van der Waals surface area contributed by atoms with Crippen LogP contribution in [0.3, 0.4) is 0 Å². The summed E-state index contributed by atoms with van der Waals surface area (Å²) in [4.78, 5) is 50.3. The fraction of sp³-hybridized carbons (Fsp3) is 0.182. The maximum absolute atomic E-state index is 12.7. The van der Waals surface area contributed by atoms with Gasteiger partial charge in [-0.15, -0.1) is 0 Å². The predicted molar refractivity (Wildman–Crippen MR) is 124 cm³/mol. The van der Waals surface area contributed by atoms with Crippen molar-refractivity contribution >= 4 is 68.5 Å². The third kappa shape index (κ3) is 5.79. The molecule has 0 unspecified atom stereocenters. The van der Waals surface area contributed by atoms with Crippen LogP contribution in [0, 0.1) is 0 Å². The van der Waals surface area contributed by atoms with E-state index in [1.807, 2.05) is 0 Å². The van der Waals surface area contributed by atoms with Crippen LogP contribution >= 0.6 is 39.3 Å². The van der Waals surface area contributed by atoms with Gasteiger partial charge in [0.25, 0.3) is 11.1 Å². The molecule has 0 saturated carbocycles. The van der Waals surface area contributed by atoms with E-state index in [1.165, 1.54) is 12.1 Å². The molecule has 7 nitrogen and oxygen atoms in total. The summed E-state index contributed by atoms with van der Waals surface area (Å²) >= 11 is 10.1. The lowest BCUT2D eigenvalue weighted by Gasteiger charge is -2.13. The Hall–Kier alpha value is -2.62. The van der Waals surface area contributed by atoms with Gasteiger partial charge in [-0.2, -0.15) is 0 Å². The first kappa shape index (κ1) is 24.0. The van der Waals surface area contributed by atoms with Crippen LogP contribution < -0.4 is 4.74 Å². The van der Waals surface area contributed by atoms with E-state index in [0.29, 0.717) is 21.8 Å². The largest absolute Gasteiger partial charge is 0.462 e. The molecule has 0 aromatic heterocycles. The van der Waals surface area contributed by atoms with Crippen molar-refractivity contribution < 1.29 is 28.7 Å². The van der Waals surface area contributed by atoms with Gasteiger partial charge in [0.05, 0.1) is 21.6 Å². The molecule has 1 fully saturated rings. The Morgan fingerprint density at radius 3 is 2.59 bits per heavy atom. The first-order chi connectivity index (χ1) is 15.2. The number of ether oxygens (including phenoxy) is 2. The molecule has 10 heteroatoms. The van der Waals surface area contributed by atoms with Gasteiger partial charge in [0, 0.05) is 10.0 Å². The smallest absolute Gasteiger partial charge is 0.345 e. The summed E-state index contributed by atoms with van der Waals surface area (Å²) in [6.07, 6.45) is 1.06. The van der Waals surface area contributed by atoms with Crippen LogP contribution in [0.2, 0.25) is 5.02 Å². The predicted octanol–water partition coefficient (Wildman–Crippen LogP) is 5.31. The van der Waals surface area contributed by atoms with E-state index in [2.05, 4.69) is 15.9 Å². The van der Waals surface area contributed by atoms with Crippen molar-refractivity contribution in [3.63, 3.8) is 0 Å². The Bertz CT molecular complexity index is 1130. The number of amides is 2. The number of imide groups is 1. The van der Waals surface area contributed by atoms with E-state index in [4.69, 9.17) is 21.1 Å². The fourth-order valence-corrected chi connectivity index (χ4v) is 4.13. The highest BCUT2D eigenvalue weighted by Gasteiger charge is 2.37. The summed E-state index contributed by atoms with van der Waals surface area (Å²) in [6.45, 7) is 2.86. The molecule has 0 atom stereocenters. The standard InChI is InChI=1S/C22H17BrClNO6S/c1-12(2)30-19(26)11-25-20(27)18(32-22(25)29)10-13-9-14(23)7-8-17(13)31-21(28)15-5-3-4-6-16(15)24/h3-10,12H,11H2,1-2H3/b18-10-. The zero-order valence-electron chi connectivity index (χ0n) is 17.0. The van der Waals surface area contributed by atoms with Gasteiger partial charge in [-0.3, -0.25) is 19.3 Å². The molecule has 0 aliphatic carbocycles. The molecule has 0 N–H and O–H groups in total. The Morgan fingerprint density at radius 1 is 1.19 bits per heavy atom. The van der Waals surface area contributed by atoms with Crippen LogP contribution in [0.25, 0.3) is 6.08 Å². The van der Waals surface area contributed by atoms with E-state index in [9.17, 15) is 19.2 Å². The topological polar surface area (TPSA) is 90.0 Å². The Labute approximate surface area is 201 Å². The lowest BCUT2D eigenvalue weighted by atomic mass is 10.1. The number of rotatable bonds is 6. The molecule has 0 radical (unpaired) electrons. The molecule has 2 aromatic carbocycles. The second kappa shape index (κ2) is 10.3. The molecule has 1 aliphatic rings. The number of carbonyl (C=O) groups is 4. The van der Waals surface area contributed by atoms with Crippen molar-refractivity contribution in [2.24, 2.45) is 0 Å². The van der Waals surface area contributed by atoms with Crippen LogP contribution in [0.15, 0.2) is 51.8 Å². The maximum atomic E-state index is 12.7. The number of thioether (sulfide) groups is 1. The summed E-state index contributed by atoms with van der Waals surface area (Å²) in [6, 6.07) is 11.3. The average Bonchev–Trinajstić information content (AvgIpc) is 2.97. The second-order valence-electron chi connectivity index (χ2n) is 6.86. The zero-order valence-corrected chi connectivity index (χ0v) is 20.1. The van der Waals surface area contributed by atoms with Gasteiger partial charge >= 0.3 is 11.9 Å². The molecule has 1 aliphatic heterocycles. The number of nitrogens with zero attached hydrogens (tertiary/aromatic N) is 1. The summed E-state index contributed by atoms with van der Waals surface area (Å²) in [5.74, 6) is -1.81. The molecule has 32 heavy (non-hydrogen) atoms. The Kier molecular flexibility index (Phi) is 7.76. The van der Waals surface area contributed by atoms with Gasteiger partial charge in [-0.05, 0) is 62.0 Å². The normalized spacial score (nSPS) is 14.9. The lowest BCUT2D eigenvalue weighted by molar-refractivity contribution is -0.149. The van der Waals surface area contributed by atoms with Gasteiger partial charge in [0.15, 0.2) is 0 Å². The average molecular weight is 539 g/mol. The summed E-state index contributed by atoms with van der Waals surface area (Å²) in [7, 11) is 0. The van der Waals surface area contributed by atoms with Crippen LogP contribution in [0.1, 0.15) is 29.8 Å². The van der Waals surface area contributed by atoms with Crippen LogP contribution in [0.4, 0.5) is 4.79 Å². The first-order valence-electron chi connectivity index (χ1n) is 9.37. The number of esters is 2. The van der Waals surface area contributed by atoms with Gasteiger partial charge < -0.3 is 9.47 Å². The van der Waals surface area contributed by atoms with Gasteiger partial charge in [0.2, 0.25) is 0 Å². The second-order valence-corrected chi connectivity index (χ2v) is 9.17. The van der Waals surface area contributed by atoms with Crippen molar-refractivity contribution in [2.75, 3.05) is 6.54 Å². The number of benzene rings is 2. The van der Waals surface area contributed by atoms with Gasteiger partial charge in [-0.1, -0.05) is 39.7 Å². The minimum Gasteiger partial charge on any atom is -0.462 e. The third-order valence-electron chi connectivity index (χ3n) is 4.08. The van der Waals surface area contributed by atoms with Gasteiger partial charge in [0.1, 0.15) is 12.3 Å². The highest BCUT2D eigenvalue weighted by molar-refractivity contribution is 9.10. The highest BCUT2D eigenvalue weighted by Crippen LogP contribution is 2.35. The monoisotopic (exact) mass is 537 g/mol. The van der Waals surface area contributed by atoms with Gasteiger partial charge in [-0.25, -0.2) is 4.79 Å². The Morgan fingerprint density at radius 2 is 1.91 bits per heavy atom. The number of halogens is 2. The van der Waals surface area contributed by atoms with Crippen molar-refractivity contribution in [3.05, 3.63) is 68.0 Å². The maximum Gasteiger partial charge on any atom is 0.345 e. The Balaban J connectivity index is 1.85. The molecule has 2 amide bonds. The van der Waals surface area contributed by atoms with Crippen molar-refractivity contribution in [3.8, 4) is 5.75 Å². The van der Waals surface area contributed by atoms with Crippen LogP contribution in [-0.4, -0.2) is 40.6 Å². The minimum atomic E-state index is -0.680. The molecule has 2 aromatic rings. The van der Waals surface area contributed by atoms with E-state index >= 15 is 0 Å². The molecular weight excluding hydrogens is 522 g/mol. The molecular formula is C22H17BrClNO6S.